The zero-order valence-corrected chi connectivity index (χ0v) is 42.1. The highest BCUT2D eigenvalue weighted by Crippen LogP contribution is 2.16. The van der Waals surface area contributed by atoms with Gasteiger partial charge in [0.05, 0.1) is 40.3 Å². The van der Waals surface area contributed by atoms with E-state index in [0.29, 0.717) is 23.9 Å². The summed E-state index contributed by atoms with van der Waals surface area (Å²) in [5.41, 5.74) is 0. The zero-order valence-electron chi connectivity index (χ0n) is 42.1. The lowest BCUT2D eigenvalue weighted by molar-refractivity contribution is -0.870. The van der Waals surface area contributed by atoms with Crippen molar-refractivity contribution >= 4 is 17.9 Å². The van der Waals surface area contributed by atoms with E-state index in [0.717, 1.165) is 83.5 Å². The highest BCUT2D eigenvalue weighted by Gasteiger charge is 2.22. The minimum atomic E-state index is -1.62. The van der Waals surface area contributed by atoms with E-state index in [9.17, 15) is 19.5 Å². The number of quaternary nitrogens is 1. The zero-order chi connectivity index (χ0) is 47.0. The van der Waals surface area contributed by atoms with Gasteiger partial charge in [-0.05, 0) is 51.4 Å². The van der Waals surface area contributed by atoms with Crippen LogP contribution in [-0.4, -0.2) is 82.3 Å². The molecule has 0 saturated heterocycles. The molecule has 0 radical (unpaired) electrons. The van der Waals surface area contributed by atoms with Crippen LogP contribution in [0.5, 0.6) is 0 Å². The molecular formula is C55H99NO8. The number of aliphatic carboxylic acids is 1. The van der Waals surface area contributed by atoms with E-state index in [2.05, 4.69) is 62.5 Å². The number of carboxylic acids is 1. The SMILES string of the molecule is CC/C=C\C/C=C\C/C=C\C/C=C\CCCCCCCCC(=O)OC(COC(=O)CCCCCCCCCCCCCCCCCCCCCC)COC(OCC[N+](C)(C)C)C(=O)[O-]. The Morgan fingerprint density at radius 2 is 0.891 bits per heavy atom. The summed E-state index contributed by atoms with van der Waals surface area (Å²) >= 11 is 0. The van der Waals surface area contributed by atoms with Crippen molar-refractivity contribution in [3.63, 3.8) is 0 Å². The first kappa shape index (κ1) is 61.2. The molecule has 2 atom stereocenters. The molecule has 0 N–H and O–H groups in total. The third-order valence-corrected chi connectivity index (χ3v) is 11.3. The molecule has 0 saturated carbocycles. The van der Waals surface area contributed by atoms with Crippen LogP contribution in [0.2, 0.25) is 0 Å². The Balaban J connectivity index is 4.33. The molecule has 0 spiro atoms. The Labute approximate surface area is 393 Å². The number of carbonyl (C=O) groups excluding carboxylic acids is 3. The largest absolute Gasteiger partial charge is 0.545 e. The van der Waals surface area contributed by atoms with Crippen LogP contribution >= 0.6 is 0 Å². The second-order valence-corrected chi connectivity index (χ2v) is 18.8. The van der Waals surface area contributed by atoms with Crippen molar-refractivity contribution < 1.29 is 42.9 Å². The smallest absolute Gasteiger partial charge is 0.306 e. The van der Waals surface area contributed by atoms with Crippen LogP contribution in [0.25, 0.3) is 0 Å². The first-order valence-electron chi connectivity index (χ1n) is 26.3. The number of carboxylic acid groups (broad SMARTS) is 1. The first-order valence-corrected chi connectivity index (χ1v) is 26.3. The lowest BCUT2D eigenvalue weighted by Gasteiger charge is -2.26. The molecule has 9 nitrogen and oxygen atoms in total. The molecule has 0 heterocycles. The molecule has 0 bridgehead atoms. The predicted molar refractivity (Wildman–Crippen MR) is 265 cm³/mol. The first-order chi connectivity index (χ1) is 31.1. The summed E-state index contributed by atoms with van der Waals surface area (Å²) in [6, 6.07) is 0. The molecule has 0 fully saturated rings. The highest BCUT2D eigenvalue weighted by molar-refractivity contribution is 5.70. The standard InChI is InChI=1S/C55H99NO8/c1-6-8-10-12-14-16-18-20-22-24-26-28-29-31-33-35-37-39-41-43-45-52(57)62-49-51(50-63-55(54(59)60)61-48-47-56(3,4)5)64-53(58)46-44-42-40-38-36-34-32-30-27-25-23-21-19-17-15-13-11-9-7-2/h9,11,15,17,21,23,27,30,51,55H,6-8,10,12-14,16,18-20,22,24-26,28-29,31-50H2,1-5H3/b11-9-,17-15-,23-21-,30-27-. The summed E-state index contributed by atoms with van der Waals surface area (Å²) in [4.78, 5) is 37.2. The summed E-state index contributed by atoms with van der Waals surface area (Å²) in [5.74, 6) is -2.29. The maximum atomic E-state index is 12.8. The number of hydrogen-bond acceptors (Lipinski definition) is 8. The quantitative estimate of drug-likeness (QED) is 0.0195. The van der Waals surface area contributed by atoms with Gasteiger partial charge < -0.3 is 33.3 Å². The molecule has 0 amide bonds. The van der Waals surface area contributed by atoms with Crippen molar-refractivity contribution in [1.29, 1.82) is 0 Å². The van der Waals surface area contributed by atoms with Crippen molar-refractivity contribution in [2.75, 3.05) is 47.5 Å². The van der Waals surface area contributed by atoms with Gasteiger partial charge in [0.1, 0.15) is 13.2 Å². The van der Waals surface area contributed by atoms with Gasteiger partial charge in [0.2, 0.25) is 0 Å². The number of likely N-dealkylation sites (N-methyl/N-ethyl adjacent to an activating group) is 1. The molecule has 0 rings (SSSR count). The molecule has 0 aromatic carbocycles. The number of nitrogens with zero attached hydrogens (tertiary/aromatic N) is 1. The lowest BCUT2D eigenvalue weighted by Crippen LogP contribution is -2.44. The maximum Gasteiger partial charge on any atom is 0.306 e. The molecule has 0 aromatic heterocycles. The van der Waals surface area contributed by atoms with E-state index in [1.807, 2.05) is 21.1 Å². The van der Waals surface area contributed by atoms with Gasteiger partial charge in [0.25, 0.3) is 0 Å². The number of hydrogen-bond donors (Lipinski definition) is 0. The van der Waals surface area contributed by atoms with E-state index in [4.69, 9.17) is 18.9 Å². The monoisotopic (exact) mass is 902 g/mol. The summed E-state index contributed by atoms with van der Waals surface area (Å²) in [6.07, 6.45) is 52.9. The highest BCUT2D eigenvalue weighted by atomic mass is 16.7. The van der Waals surface area contributed by atoms with E-state index < -0.39 is 24.3 Å². The Bertz CT molecular complexity index is 1190. The Morgan fingerprint density at radius 1 is 0.484 bits per heavy atom. The van der Waals surface area contributed by atoms with Crippen LogP contribution in [0.1, 0.15) is 226 Å². The maximum absolute atomic E-state index is 12.8. The molecular weight excluding hydrogens is 803 g/mol. The summed E-state index contributed by atoms with van der Waals surface area (Å²) < 4.78 is 22.6. The molecule has 9 heteroatoms. The van der Waals surface area contributed by atoms with Crippen molar-refractivity contribution in [3.05, 3.63) is 48.6 Å². The second-order valence-electron chi connectivity index (χ2n) is 18.8. The Kier molecular flexibility index (Phi) is 44.8. The van der Waals surface area contributed by atoms with Crippen LogP contribution in [0.3, 0.4) is 0 Å². The fraction of sp³-hybridized carbons (Fsp3) is 0.800. The second kappa shape index (κ2) is 46.8. The number of allylic oxidation sites excluding steroid dienone is 8. The van der Waals surface area contributed by atoms with Gasteiger partial charge >= 0.3 is 11.9 Å². The number of esters is 2. The van der Waals surface area contributed by atoms with Crippen molar-refractivity contribution in [2.45, 2.75) is 238 Å². The van der Waals surface area contributed by atoms with Crippen LogP contribution < -0.4 is 5.11 Å². The fourth-order valence-electron chi connectivity index (χ4n) is 7.29. The van der Waals surface area contributed by atoms with Gasteiger partial charge in [0, 0.05) is 12.8 Å². The van der Waals surface area contributed by atoms with Gasteiger partial charge in [-0.3, -0.25) is 9.59 Å². The van der Waals surface area contributed by atoms with Crippen LogP contribution in [-0.2, 0) is 33.3 Å². The summed E-state index contributed by atoms with van der Waals surface area (Å²) in [5, 5.41) is 11.7. The Hall–Kier alpha value is -2.75. The molecule has 2 unspecified atom stereocenters. The molecule has 0 aliphatic rings. The average Bonchev–Trinajstić information content (AvgIpc) is 3.26. The van der Waals surface area contributed by atoms with Gasteiger partial charge in [-0.1, -0.05) is 210 Å². The number of rotatable bonds is 48. The number of unbranched alkanes of at least 4 members (excludes halogenated alkanes) is 25. The van der Waals surface area contributed by atoms with Gasteiger partial charge in [-0.25, -0.2) is 0 Å². The molecule has 0 aliphatic heterocycles. The minimum Gasteiger partial charge on any atom is -0.545 e. The molecule has 64 heavy (non-hydrogen) atoms. The van der Waals surface area contributed by atoms with Gasteiger partial charge in [0.15, 0.2) is 12.4 Å². The third kappa shape index (κ3) is 47.2. The number of carbonyl (C=O) groups is 3. The summed E-state index contributed by atoms with van der Waals surface area (Å²) in [7, 11) is 5.91. The van der Waals surface area contributed by atoms with Crippen LogP contribution in [0, 0.1) is 0 Å². The van der Waals surface area contributed by atoms with Crippen molar-refractivity contribution in [2.24, 2.45) is 0 Å². The normalized spacial score (nSPS) is 13.2. The molecule has 0 aromatic rings. The third-order valence-electron chi connectivity index (χ3n) is 11.3. The lowest BCUT2D eigenvalue weighted by atomic mass is 10.0. The average molecular weight is 902 g/mol. The number of ether oxygens (including phenoxy) is 4. The summed E-state index contributed by atoms with van der Waals surface area (Å²) in [6.45, 7) is 4.64. The fourth-order valence-corrected chi connectivity index (χ4v) is 7.29. The topological polar surface area (TPSA) is 111 Å². The predicted octanol–water partition coefficient (Wildman–Crippen LogP) is 13.4. The van der Waals surface area contributed by atoms with E-state index in [1.165, 1.54) is 109 Å². The van der Waals surface area contributed by atoms with Crippen molar-refractivity contribution in [1.82, 2.24) is 0 Å². The van der Waals surface area contributed by atoms with E-state index in [1.54, 1.807) is 0 Å². The van der Waals surface area contributed by atoms with Gasteiger partial charge in [-0.15, -0.1) is 0 Å². The Morgan fingerprint density at radius 3 is 1.33 bits per heavy atom. The van der Waals surface area contributed by atoms with Gasteiger partial charge in [-0.2, -0.15) is 0 Å². The minimum absolute atomic E-state index is 0.144. The van der Waals surface area contributed by atoms with Crippen LogP contribution in [0.4, 0.5) is 0 Å². The van der Waals surface area contributed by atoms with E-state index >= 15 is 0 Å². The molecule has 372 valence electrons. The van der Waals surface area contributed by atoms with Crippen LogP contribution in [0.15, 0.2) is 48.6 Å². The van der Waals surface area contributed by atoms with E-state index in [-0.39, 0.29) is 32.2 Å². The molecule has 0 aliphatic carbocycles. The van der Waals surface area contributed by atoms with Crippen molar-refractivity contribution in [3.8, 4) is 0 Å².